The van der Waals surface area contributed by atoms with Crippen molar-refractivity contribution in [3.63, 3.8) is 0 Å². The average molecular weight is 397 g/mol. The van der Waals surface area contributed by atoms with Gasteiger partial charge in [-0.15, -0.1) is 0 Å². The molecule has 0 spiro atoms. The molecule has 0 amide bonds. The minimum Gasteiger partial charge on any atom is -0.469 e. The Morgan fingerprint density at radius 1 is 1.07 bits per heavy atom. The average Bonchev–Trinajstić information content (AvgIpc) is 3.00. The van der Waals surface area contributed by atoms with E-state index in [2.05, 4.69) is 4.74 Å². The second-order valence-electron chi connectivity index (χ2n) is 5.75. The highest BCUT2D eigenvalue weighted by molar-refractivity contribution is 7.90. The normalized spacial score (nSPS) is 12.3. The molecular weight excluding hydrogens is 383 g/mol. The number of hydrogen-bond donors (Lipinski definition) is 0. The second kappa shape index (κ2) is 6.73. The first-order valence-electron chi connectivity index (χ1n) is 7.73. The lowest BCUT2D eigenvalue weighted by Gasteiger charge is -2.10. The maximum absolute atomic E-state index is 12.9. The fourth-order valence-corrected chi connectivity index (χ4v) is 4.11. The van der Waals surface area contributed by atoms with Crippen LogP contribution in [0.4, 0.5) is 13.2 Å². The summed E-state index contributed by atoms with van der Waals surface area (Å²) in [7, 11) is -2.93. The Morgan fingerprint density at radius 2 is 1.70 bits per heavy atom. The van der Waals surface area contributed by atoms with E-state index in [1.807, 2.05) is 0 Å². The number of fused-ring (bicyclic) bond motifs is 1. The highest BCUT2D eigenvalue weighted by Gasteiger charge is 2.31. The van der Waals surface area contributed by atoms with E-state index in [4.69, 9.17) is 0 Å². The van der Waals surface area contributed by atoms with Crippen molar-refractivity contribution in [1.82, 2.24) is 3.97 Å². The largest absolute Gasteiger partial charge is 0.469 e. The van der Waals surface area contributed by atoms with Crippen LogP contribution in [0.25, 0.3) is 10.9 Å². The van der Waals surface area contributed by atoms with E-state index in [-0.39, 0.29) is 11.3 Å². The molecule has 0 N–H and O–H groups in total. The molecule has 0 saturated carbocycles. The van der Waals surface area contributed by atoms with E-state index >= 15 is 0 Å². The molecular formula is C18H14F3NO4S. The SMILES string of the molecule is COC(=O)Cc1cn(S(=O)(=O)c2ccc(C(F)(F)F)cc2)c2ccccc12. The molecule has 0 radical (unpaired) electrons. The lowest BCUT2D eigenvalue weighted by Crippen LogP contribution is -2.13. The smallest absolute Gasteiger partial charge is 0.416 e. The molecule has 142 valence electrons. The third-order valence-electron chi connectivity index (χ3n) is 4.06. The number of ether oxygens (including phenoxy) is 1. The fraction of sp³-hybridized carbons (Fsp3) is 0.167. The zero-order valence-electron chi connectivity index (χ0n) is 14.0. The van der Waals surface area contributed by atoms with Gasteiger partial charge in [0.1, 0.15) is 0 Å². The van der Waals surface area contributed by atoms with Gasteiger partial charge >= 0.3 is 12.1 Å². The van der Waals surface area contributed by atoms with Gasteiger partial charge in [-0.3, -0.25) is 4.79 Å². The van der Waals surface area contributed by atoms with E-state index in [0.717, 1.165) is 16.1 Å². The van der Waals surface area contributed by atoms with Crippen molar-refractivity contribution in [2.75, 3.05) is 7.11 Å². The van der Waals surface area contributed by atoms with E-state index in [9.17, 15) is 26.4 Å². The molecule has 3 rings (SSSR count). The summed E-state index contributed by atoms with van der Waals surface area (Å²) in [5.74, 6) is -0.537. The zero-order valence-corrected chi connectivity index (χ0v) is 14.8. The molecule has 0 fully saturated rings. The van der Waals surface area contributed by atoms with Crippen LogP contribution in [-0.2, 0) is 32.2 Å². The van der Waals surface area contributed by atoms with E-state index in [1.165, 1.54) is 13.3 Å². The molecule has 27 heavy (non-hydrogen) atoms. The Labute approximate surface area is 153 Å². The molecule has 3 aromatic rings. The summed E-state index contributed by atoms with van der Waals surface area (Å²) in [5, 5.41) is 0.540. The molecule has 0 aliphatic heterocycles. The molecule has 0 unspecified atom stereocenters. The monoisotopic (exact) mass is 397 g/mol. The summed E-state index contributed by atoms with van der Waals surface area (Å²) < 4.78 is 69.6. The number of hydrogen-bond acceptors (Lipinski definition) is 4. The third-order valence-corrected chi connectivity index (χ3v) is 5.75. The summed E-state index contributed by atoms with van der Waals surface area (Å²) in [5.41, 5.74) is -0.186. The Morgan fingerprint density at radius 3 is 2.30 bits per heavy atom. The van der Waals surface area contributed by atoms with Gasteiger partial charge in [0.05, 0.1) is 29.5 Å². The topological polar surface area (TPSA) is 65.4 Å². The molecule has 1 heterocycles. The van der Waals surface area contributed by atoms with Gasteiger partial charge in [0.15, 0.2) is 0 Å². The van der Waals surface area contributed by atoms with Crippen molar-refractivity contribution in [1.29, 1.82) is 0 Å². The quantitative estimate of drug-likeness (QED) is 0.631. The number of aromatic nitrogens is 1. The van der Waals surface area contributed by atoms with Crippen LogP contribution in [0.3, 0.4) is 0 Å². The van der Waals surface area contributed by atoms with Crippen molar-refractivity contribution in [3.8, 4) is 0 Å². The molecule has 0 aliphatic carbocycles. The molecule has 9 heteroatoms. The molecule has 0 saturated heterocycles. The first kappa shape index (κ1) is 19.0. The Bertz CT molecular complexity index is 1100. The number of halogens is 3. The van der Waals surface area contributed by atoms with Crippen LogP contribution in [0.2, 0.25) is 0 Å². The standard InChI is InChI=1S/C18H14F3NO4S/c1-26-17(23)10-12-11-22(16-5-3-2-4-15(12)16)27(24,25)14-8-6-13(7-9-14)18(19,20)21/h2-9,11H,10H2,1H3. The number of rotatable bonds is 4. The lowest BCUT2D eigenvalue weighted by atomic mass is 10.1. The van der Waals surface area contributed by atoms with E-state index < -0.39 is 27.7 Å². The minimum atomic E-state index is -4.56. The van der Waals surface area contributed by atoms with Gasteiger partial charge in [0.2, 0.25) is 0 Å². The number of carbonyl (C=O) groups excluding carboxylic acids is 1. The lowest BCUT2D eigenvalue weighted by molar-refractivity contribution is -0.140. The zero-order chi connectivity index (χ0) is 19.8. The van der Waals surface area contributed by atoms with Crippen LogP contribution >= 0.6 is 0 Å². The Kier molecular flexibility index (Phi) is 4.73. The van der Waals surface area contributed by atoms with Crippen LogP contribution in [0, 0.1) is 0 Å². The van der Waals surface area contributed by atoms with Gasteiger partial charge in [0.25, 0.3) is 10.0 Å². The summed E-state index contributed by atoms with van der Waals surface area (Å²) in [4.78, 5) is 11.3. The molecule has 1 aromatic heterocycles. The van der Waals surface area contributed by atoms with Gasteiger partial charge in [-0.25, -0.2) is 12.4 Å². The number of alkyl halides is 3. The second-order valence-corrected chi connectivity index (χ2v) is 7.56. The maximum atomic E-state index is 12.9. The summed E-state index contributed by atoms with van der Waals surface area (Å²) in [6, 6.07) is 9.78. The Hall–Kier alpha value is -2.81. The molecule has 5 nitrogen and oxygen atoms in total. The number of esters is 1. The van der Waals surface area contributed by atoms with Crippen LogP contribution in [0.15, 0.2) is 59.6 Å². The fourth-order valence-electron chi connectivity index (χ4n) is 2.71. The summed E-state index contributed by atoms with van der Waals surface area (Å²) >= 11 is 0. The summed E-state index contributed by atoms with van der Waals surface area (Å²) in [6.07, 6.45) is -3.41. The molecule has 0 bridgehead atoms. The predicted molar refractivity (Wildman–Crippen MR) is 91.7 cm³/mol. The predicted octanol–water partition coefficient (Wildman–Crippen LogP) is 3.61. The summed E-state index contributed by atoms with van der Waals surface area (Å²) in [6.45, 7) is 0. The number of nitrogens with zero attached hydrogens (tertiary/aromatic N) is 1. The van der Waals surface area contributed by atoms with Crippen molar-refractivity contribution < 1.29 is 31.1 Å². The third kappa shape index (κ3) is 3.55. The van der Waals surface area contributed by atoms with Crippen LogP contribution in [0.1, 0.15) is 11.1 Å². The number of carbonyl (C=O) groups is 1. The van der Waals surface area contributed by atoms with Gasteiger partial charge in [-0.2, -0.15) is 13.2 Å². The van der Waals surface area contributed by atoms with Crippen molar-refractivity contribution in [2.24, 2.45) is 0 Å². The number of para-hydroxylation sites is 1. The first-order valence-corrected chi connectivity index (χ1v) is 9.17. The Balaban J connectivity index is 2.12. The van der Waals surface area contributed by atoms with Crippen LogP contribution in [-0.4, -0.2) is 25.5 Å². The van der Waals surface area contributed by atoms with E-state index in [0.29, 0.717) is 28.6 Å². The van der Waals surface area contributed by atoms with Gasteiger partial charge in [-0.1, -0.05) is 18.2 Å². The van der Waals surface area contributed by atoms with Gasteiger partial charge in [0, 0.05) is 11.6 Å². The van der Waals surface area contributed by atoms with E-state index in [1.54, 1.807) is 24.3 Å². The molecule has 2 aromatic carbocycles. The maximum Gasteiger partial charge on any atom is 0.416 e. The highest BCUT2D eigenvalue weighted by Crippen LogP contribution is 2.31. The number of methoxy groups -OCH3 is 1. The van der Waals surface area contributed by atoms with Crippen LogP contribution in [0.5, 0.6) is 0 Å². The van der Waals surface area contributed by atoms with Gasteiger partial charge < -0.3 is 4.74 Å². The number of benzene rings is 2. The van der Waals surface area contributed by atoms with Crippen molar-refractivity contribution in [3.05, 3.63) is 65.9 Å². The van der Waals surface area contributed by atoms with Crippen molar-refractivity contribution >= 4 is 26.9 Å². The van der Waals surface area contributed by atoms with Gasteiger partial charge in [-0.05, 0) is 35.9 Å². The van der Waals surface area contributed by atoms with Crippen molar-refractivity contribution in [2.45, 2.75) is 17.5 Å². The van der Waals surface area contributed by atoms with Crippen LogP contribution < -0.4 is 0 Å². The highest BCUT2D eigenvalue weighted by atomic mass is 32.2. The molecule has 0 atom stereocenters. The minimum absolute atomic E-state index is 0.132. The first-order chi connectivity index (χ1) is 12.6. The molecule has 0 aliphatic rings.